The standard InChI is InChI=1S/C15H20N2O4/c1-10(18)8-11-2-4-12(5-3-11)20-9-13-6-7-14(21-13)15(19)17-16/h2-5,13-14H,6-9,16H2,1H3,(H,17,19). The molecule has 2 rings (SSSR count). The summed E-state index contributed by atoms with van der Waals surface area (Å²) in [5.41, 5.74) is 3.06. The Hall–Kier alpha value is -1.92. The number of benzene rings is 1. The van der Waals surface area contributed by atoms with Crippen LogP contribution in [0.4, 0.5) is 0 Å². The maximum absolute atomic E-state index is 11.3. The van der Waals surface area contributed by atoms with Crippen LogP contribution in [0.25, 0.3) is 0 Å². The molecule has 1 saturated heterocycles. The normalized spacial score (nSPS) is 21.0. The zero-order valence-corrected chi connectivity index (χ0v) is 12.0. The second kappa shape index (κ2) is 7.19. The molecule has 0 aromatic heterocycles. The fraction of sp³-hybridized carbons (Fsp3) is 0.467. The minimum absolute atomic E-state index is 0.107. The molecule has 1 heterocycles. The second-order valence-corrected chi connectivity index (χ2v) is 5.17. The predicted molar refractivity (Wildman–Crippen MR) is 76.5 cm³/mol. The molecule has 6 heteroatoms. The summed E-state index contributed by atoms with van der Waals surface area (Å²) < 4.78 is 11.2. The summed E-state index contributed by atoms with van der Waals surface area (Å²) in [6, 6.07) is 7.41. The Labute approximate surface area is 123 Å². The smallest absolute Gasteiger partial charge is 0.263 e. The van der Waals surface area contributed by atoms with Gasteiger partial charge in [-0.3, -0.25) is 15.0 Å². The van der Waals surface area contributed by atoms with Crippen molar-refractivity contribution in [3.8, 4) is 5.75 Å². The summed E-state index contributed by atoms with van der Waals surface area (Å²) in [5.74, 6) is 5.63. The SMILES string of the molecule is CC(=O)Cc1ccc(OCC2CCC(C(=O)NN)O2)cc1. The van der Waals surface area contributed by atoms with Crippen LogP contribution in [-0.4, -0.2) is 30.5 Å². The van der Waals surface area contributed by atoms with E-state index in [9.17, 15) is 9.59 Å². The van der Waals surface area contributed by atoms with E-state index >= 15 is 0 Å². The first-order valence-electron chi connectivity index (χ1n) is 6.95. The molecule has 1 aromatic rings. The fourth-order valence-corrected chi connectivity index (χ4v) is 2.29. The molecule has 1 fully saturated rings. The first-order chi connectivity index (χ1) is 10.1. The van der Waals surface area contributed by atoms with Crippen LogP contribution in [0.1, 0.15) is 25.3 Å². The van der Waals surface area contributed by atoms with Crippen molar-refractivity contribution in [2.24, 2.45) is 5.84 Å². The van der Waals surface area contributed by atoms with Crippen LogP contribution in [-0.2, 0) is 20.7 Å². The number of ketones is 1. The maximum Gasteiger partial charge on any atom is 0.263 e. The highest BCUT2D eigenvalue weighted by molar-refractivity contribution is 5.80. The van der Waals surface area contributed by atoms with E-state index in [0.717, 1.165) is 17.7 Å². The van der Waals surface area contributed by atoms with Gasteiger partial charge in [0.15, 0.2) is 0 Å². The lowest BCUT2D eigenvalue weighted by molar-refractivity contribution is -0.132. The van der Waals surface area contributed by atoms with Crippen molar-refractivity contribution in [1.82, 2.24) is 5.43 Å². The lowest BCUT2D eigenvalue weighted by atomic mass is 10.1. The van der Waals surface area contributed by atoms with E-state index in [4.69, 9.17) is 15.3 Å². The van der Waals surface area contributed by atoms with Crippen LogP contribution in [0.2, 0.25) is 0 Å². The van der Waals surface area contributed by atoms with Crippen LogP contribution in [0, 0.1) is 0 Å². The van der Waals surface area contributed by atoms with Gasteiger partial charge in [0.2, 0.25) is 0 Å². The van der Waals surface area contributed by atoms with Crippen LogP contribution in [0.5, 0.6) is 5.75 Å². The Kier molecular flexibility index (Phi) is 5.30. The molecule has 21 heavy (non-hydrogen) atoms. The summed E-state index contributed by atoms with van der Waals surface area (Å²) in [6.45, 7) is 1.95. The van der Waals surface area contributed by atoms with Gasteiger partial charge in [0.05, 0.1) is 6.10 Å². The van der Waals surface area contributed by atoms with E-state index in [2.05, 4.69) is 5.43 Å². The Balaban J connectivity index is 1.78. The van der Waals surface area contributed by atoms with Crippen molar-refractivity contribution < 1.29 is 19.1 Å². The molecule has 114 valence electrons. The molecule has 0 saturated carbocycles. The molecular formula is C15H20N2O4. The highest BCUT2D eigenvalue weighted by Crippen LogP contribution is 2.21. The summed E-state index contributed by atoms with van der Waals surface area (Å²) >= 11 is 0. The van der Waals surface area contributed by atoms with E-state index in [0.29, 0.717) is 19.4 Å². The number of rotatable bonds is 6. The largest absolute Gasteiger partial charge is 0.491 e. The van der Waals surface area contributed by atoms with E-state index in [1.54, 1.807) is 6.92 Å². The van der Waals surface area contributed by atoms with Gasteiger partial charge >= 0.3 is 0 Å². The van der Waals surface area contributed by atoms with Crippen LogP contribution in [0.15, 0.2) is 24.3 Å². The highest BCUT2D eigenvalue weighted by atomic mass is 16.5. The van der Waals surface area contributed by atoms with E-state index in [1.807, 2.05) is 24.3 Å². The number of nitrogens with one attached hydrogen (secondary N) is 1. The van der Waals surface area contributed by atoms with Gasteiger partial charge in [-0.15, -0.1) is 0 Å². The number of hydrogen-bond donors (Lipinski definition) is 2. The quantitative estimate of drug-likeness (QED) is 0.458. The Morgan fingerprint density at radius 3 is 2.67 bits per heavy atom. The van der Waals surface area contributed by atoms with Crippen LogP contribution in [0.3, 0.4) is 0 Å². The van der Waals surface area contributed by atoms with Crippen molar-refractivity contribution in [3.05, 3.63) is 29.8 Å². The van der Waals surface area contributed by atoms with Gasteiger partial charge in [-0.1, -0.05) is 12.1 Å². The van der Waals surface area contributed by atoms with Crippen molar-refractivity contribution in [3.63, 3.8) is 0 Å². The number of hydrazine groups is 1. The molecule has 1 amide bonds. The molecule has 2 atom stereocenters. The predicted octanol–water partition coefficient (Wildman–Crippen LogP) is 0.734. The highest BCUT2D eigenvalue weighted by Gasteiger charge is 2.30. The molecule has 1 aliphatic rings. The first-order valence-corrected chi connectivity index (χ1v) is 6.95. The molecule has 0 radical (unpaired) electrons. The van der Waals surface area contributed by atoms with Gasteiger partial charge in [0.25, 0.3) is 5.91 Å². The molecule has 1 aliphatic heterocycles. The van der Waals surface area contributed by atoms with Gasteiger partial charge in [0, 0.05) is 6.42 Å². The van der Waals surface area contributed by atoms with E-state index < -0.39 is 6.10 Å². The zero-order chi connectivity index (χ0) is 15.2. The molecule has 3 N–H and O–H groups in total. The van der Waals surface area contributed by atoms with Crippen molar-refractivity contribution in [2.75, 3.05) is 6.61 Å². The van der Waals surface area contributed by atoms with E-state index in [-0.39, 0.29) is 17.8 Å². The minimum Gasteiger partial charge on any atom is -0.491 e. The lowest BCUT2D eigenvalue weighted by Gasteiger charge is -2.14. The maximum atomic E-state index is 11.3. The van der Waals surface area contributed by atoms with Gasteiger partial charge in [0.1, 0.15) is 24.2 Å². The third-order valence-corrected chi connectivity index (χ3v) is 3.35. The third-order valence-electron chi connectivity index (χ3n) is 3.35. The Morgan fingerprint density at radius 2 is 2.05 bits per heavy atom. The molecule has 0 bridgehead atoms. The Bertz CT molecular complexity index is 501. The lowest BCUT2D eigenvalue weighted by Crippen LogP contribution is -2.39. The number of carbonyl (C=O) groups excluding carboxylic acids is 2. The topological polar surface area (TPSA) is 90.7 Å². The molecule has 1 aromatic carbocycles. The van der Waals surface area contributed by atoms with Gasteiger partial charge in [-0.25, -0.2) is 5.84 Å². The average Bonchev–Trinajstić information content (AvgIpc) is 2.94. The van der Waals surface area contributed by atoms with Crippen molar-refractivity contribution in [2.45, 2.75) is 38.4 Å². The monoisotopic (exact) mass is 292 g/mol. The number of amides is 1. The number of hydrogen-bond acceptors (Lipinski definition) is 5. The summed E-state index contributed by atoms with van der Waals surface area (Å²) in [4.78, 5) is 22.3. The number of nitrogens with two attached hydrogens (primary N) is 1. The molecule has 2 unspecified atom stereocenters. The fourth-order valence-electron chi connectivity index (χ4n) is 2.29. The number of Topliss-reactive ketones (excluding diaryl/α,β-unsaturated/α-hetero) is 1. The van der Waals surface area contributed by atoms with Gasteiger partial charge in [-0.2, -0.15) is 0 Å². The summed E-state index contributed by atoms with van der Waals surface area (Å²) in [6.07, 6.45) is 1.25. The first kappa shape index (κ1) is 15.5. The van der Waals surface area contributed by atoms with Crippen molar-refractivity contribution >= 4 is 11.7 Å². The van der Waals surface area contributed by atoms with Crippen molar-refractivity contribution in [1.29, 1.82) is 0 Å². The van der Waals surface area contributed by atoms with Crippen LogP contribution < -0.4 is 16.0 Å². The van der Waals surface area contributed by atoms with E-state index in [1.165, 1.54) is 0 Å². The molecule has 6 nitrogen and oxygen atoms in total. The van der Waals surface area contributed by atoms with Crippen LogP contribution >= 0.6 is 0 Å². The minimum atomic E-state index is -0.485. The third kappa shape index (κ3) is 4.54. The summed E-state index contributed by atoms with van der Waals surface area (Å²) in [5, 5.41) is 0. The second-order valence-electron chi connectivity index (χ2n) is 5.17. The van der Waals surface area contributed by atoms with Gasteiger partial charge in [-0.05, 0) is 37.5 Å². The molecule has 0 aliphatic carbocycles. The molecular weight excluding hydrogens is 272 g/mol. The average molecular weight is 292 g/mol. The number of ether oxygens (including phenoxy) is 2. The molecule has 0 spiro atoms. The van der Waals surface area contributed by atoms with Gasteiger partial charge < -0.3 is 9.47 Å². The Morgan fingerprint density at radius 1 is 1.33 bits per heavy atom. The zero-order valence-electron chi connectivity index (χ0n) is 12.0. The summed E-state index contributed by atoms with van der Waals surface area (Å²) in [7, 11) is 0. The number of carbonyl (C=O) groups is 2.